The summed E-state index contributed by atoms with van der Waals surface area (Å²) in [6.45, 7) is 4.14. The van der Waals surface area contributed by atoms with Gasteiger partial charge in [-0.3, -0.25) is 0 Å². The summed E-state index contributed by atoms with van der Waals surface area (Å²) in [5, 5.41) is 6.57. The van der Waals surface area contributed by atoms with Crippen LogP contribution >= 0.6 is 0 Å². The molecule has 166 valence electrons. The number of aromatic nitrogens is 2. The van der Waals surface area contributed by atoms with Gasteiger partial charge in [0.05, 0.1) is 16.3 Å². The highest BCUT2D eigenvalue weighted by atomic mass is 32.2. The Bertz CT molecular complexity index is 1380. The van der Waals surface area contributed by atoms with Gasteiger partial charge in [-0.2, -0.15) is 9.40 Å². The lowest BCUT2D eigenvalue weighted by atomic mass is 10.1. The van der Waals surface area contributed by atoms with Crippen LogP contribution in [0.2, 0.25) is 0 Å². The van der Waals surface area contributed by atoms with E-state index in [0.29, 0.717) is 0 Å². The van der Waals surface area contributed by atoms with Gasteiger partial charge in [0, 0.05) is 50.0 Å². The molecule has 0 aliphatic rings. The molecule has 0 spiro atoms. The average Bonchev–Trinajstić information content (AvgIpc) is 3.07. The Hall–Kier alpha value is -3.16. The van der Waals surface area contributed by atoms with E-state index < -0.39 is 10.0 Å². The van der Waals surface area contributed by atoms with Crippen molar-refractivity contribution >= 4 is 26.5 Å². The summed E-state index contributed by atoms with van der Waals surface area (Å²) in [6, 6.07) is 21.1. The first kappa shape index (κ1) is 22.0. The molecular formula is C25H28N4O2S. The average molecular weight is 449 g/mol. The maximum absolute atomic E-state index is 13.4. The minimum atomic E-state index is -3.67. The van der Waals surface area contributed by atoms with E-state index in [2.05, 4.69) is 5.10 Å². The SMILES string of the molecule is Cc1nn(-c2ccccc2)c(C)c1CN(C)S(=O)(=O)c1ccc2c(N(C)C)cccc2c1. The highest BCUT2D eigenvalue weighted by Gasteiger charge is 2.24. The molecule has 7 heteroatoms. The van der Waals surface area contributed by atoms with Crippen molar-refractivity contribution in [3.8, 4) is 5.69 Å². The molecule has 32 heavy (non-hydrogen) atoms. The zero-order valence-corrected chi connectivity index (χ0v) is 19.9. The summed E-state index contributed by atoms with van der Waals surface area (Å²) in [5.74, 6) is 0. The molecule has 0 aliphatic heterocycles. The third-order valence-electron chi connectivity index (χ3n) is 5.84. The second-order valence-corrected chi connectivity index (χ2v) is 10.3. The van der Waals surface area contributed by atoms with Crippen LogP contribution in [-0.2, 0) is 16.6 Å². The van der Waals surface area contributed by atoms with E-state index in [-0.39, 0.29) is 11.4 Å². The fraction of sp³-hybridized carbons (Fsp3) is 0.240. The molecule has 4 rings (SSSR count). The number of aryl methyl sites for hydroxylation is 1. The molecule has 4 aromatic rings. The number of nitrogens with zero attached hydrogens (tertiary/aromatic N) is 4. The van der Waals surface area contributed by atoms with Crippen molar-refractivity contribution in [1.82, 2.24) is 14.1 Å². The van der Waals surface area contributed by atoms with Crippen molar-refractivity contribution in [2.24, 2.45) is 0 Å². The third-order valence-corrected chi connectivity index (χ3v) is 7.64. The van der Waals surface area contributed by atoms with E-state index in [1.807, 2.05) is 92.1 Å². The fourth-order valence-electron chi connectivity index (χ4n) is 4.01. The van der Waals surface area contributed by atoms with Gasteiger partial charge in [0.2, 0.25) is 10.0 Å². The molecule has 0 radical (unpaired) electrons. The van der Waals surface area contributed by atoms with Gasteiger partial charge >= 0.3 is 0 Å². The van der Waals surface area contributed by atoms with E-state index in [1.54, 1.807) is 19.2 Å². The second-order valence-electron chi connectivity index (χ2n) is 8.21. The molecule has 0 bridgehead atoms. The van der Waals surface area contributed by atoms with Gasteiger partial charge in [0.1, 0.15) is 0 Å². The molecule has 0 saturated heterocycles. The maximum atomic E-state index is 13.4. The molecule has 0 aliphatic carbocycles. The number of benzene rings is 3. The van der Waals surface area contributed by atoms with Crippen LogP contribution in [0, 0.1) is 13.8 Å². The molecule has 0 unspecified atom stereocenters. The number of fused-ring (bicyclic) bond motifs is 1. The van der Waals surface area contributed by atoms with E-state index in [9.17, 15) is 8.42 Å². The van der Waals surface area contributed by atoms with Gasteiger partial charge in [-0.15, -0.1) is 0 Å². The molecule has 1 heterocycles. The van der Waals surface area contributed by atoms with Crippen LogP contribution in [-0.4, -0.2) is 43.6 Å². The van der Waals surface area contributed by atoms with Gasteiger partial charge in [-0.05, 0) is 49.6 Å². The molecular weight excluding hydrogens is 420 g/mol. The highest BCUT2D eigenvalue weighted by Crippen LogP contribution is 2.29. The van der Waals surface area contributed by atoms with Crippen molar-refractivity contribution in [3.63, 3.8) is 0 Å². The lowest BCUT2D eigenvalue weighted by Gasteiger charge is -2.19. The van der Waals surface area contributed by atoms with Crippen LogP contribution in [0.3, 0.4) is 0 Å². The second kappa shape index (κ2) is 8.41. The Morgan fingerprint density at radius 1 is 0.906 bits per heavy atom. The quantitative estimate of drug-likeness (QED) is 0.435. The number of para-hydroxylation sites is 1. The fourth-order valence-corrected chi connectivity index (χ4v) is 5.18. The van der Waals surface area contributed by atoms with Gasteiger partial charge < -0.3 is 4.90 Å². The Morgan fingerprint density at radius 3 is 2.31 bits per heavy atom. The molecule has 1 aromatic heterocycles. The molecule has 3 aromatic carbocycles. The van der Waals surface area contributed by atoms with Crippen molar-refractivity contribution in [2.45, 2.75) is 25.3 Å². The molecule has 0 saturated carbocycles. The number of rotatable bonds is 6. The van der Waals surface area contributed by atoms with E-state index in [4.69, 9.17) is 0 Å². The largest absolute Gasteiger partial charge is 0.377 e. The van der Waals surface area contributed by atoms with Crippen LogP contribution in [0.15, 0.2) is 71.6 Å². The smallest absolute Gasteiger partial charge is 0.243 e. The monoisotopic (exact) mass is 448 g/mol. The number of anilines is 1. The van der Waals surface area contributed by atoms with Crippen LogP contribution in [0.5, 0.6) is 0 Å². The predicted molar refractivity (Wildman–Crippen MR) is 130 cm³/mol. The summed E-state index contributed by atoms with van der Waals surface area (Å²) in [6.07, 6.45) is 0. The summed E-state index contributed by atoms with van der Waals surface area (Å²) < 4.78 is 30.0. The molecule has 0 amide bonds. The number of hydrogen-bond donors (Lipinski definition) is 0. The Kier molecular flexibility index (Phi) is 5.79. The van der Waals surface area contributed by atoms with Crippen molar-refractivity contribution in [2.75, 3.05) is 26.0 Å². The van der Waals surface area contributed by atoms with E-state index in [1.165, 1.54) is 4.31 Å². The maximum Gasteiger partial charge on any atom is 0.243 e. The lowest BCUT2D eigenvalue weighted by Crippen LogP contribution is -2.27. The van der Waals surface area contributed by atoms with Crippen molar-refractivity contribution in [3.05, 3.63) is 83.7 Å². The van der Waals surface area contributed by atoms with Crippen LogP contribution in [0.1, 0.15) is 17.0 Å². The molecule has 0 fully saturated rings. The standard InChI is InChI=1S/C25H28N4O2S/c1-18-24(19(2)29(26-18)21-11-7-6-8-12-21)17-28(5)32(30,31)22-14-15-23-20(16-22)10-9-13-25(23)27(3)4/h6-16H,17H2,1-5H3. The highest BCUT2D eigenvalue weighted by molar-refractivity contribution is 7.89. The summed E-state index contributed by atoms with van der Waals surface area (Å²) in [5.41, 5.74) is 4.68. The van der Waals surface area contributed by atoms with Gasteiger partial charge in [0.15, 0.2) is 0 Å². The number of hydrogen-bond acceptors (Lipinski definition) is 4. The van der Waals surface area contributed by atoms with Gasteiger partial charge in [0.25, 0.3) is 0 Å². The Morgan fingerprint density at radius 2 is 1.62 bits per heavy atom. The topological polar surface area (TPSA) is 58.4 Å². The first-order valence-electron chi connectivity index (χ1n) is 10.5. The number of sulfonamides is 1. The summed E-state index contributed by atoms with van der Waals surface area (Å²) >= 11 is 0. The first-order valence-corrected chi connectivity index (χ1v) is 11.9. The van der Waals surface area contributed by atoms with Crippen molar-refractivity contribution < 1.29 is 8.42 Å². The normalized spacial score (nSPS) is 11.9. The van der Waals surface area contributed by atoms with Crippen LogP contribution in [0.4, 0.5) is 5.69 Å². The first-order chi connectivity index (χ1) is 15.2. The zero-order valence-electron chi connectivity index (χ0n) is 19.1. The lowest BCUT2D eigenvalue weighted by molar-refractivity contribution is 0.465. The Balaban J connectivity index is 1.67. The zero-order chi connectivity index (χ0) is 23.0. The Labute approximate surface area is 189 Å². The summed E-state index contributed by atoms with van der Waals surface area (Å²) in [7, 11) is 1.91. The van der Waals surface area contributed by atoms with Gasteiger partial charge in [-0.1, -0.05) is 36.4 Å². The molecule has 6 nitrogen and oxygen atoms in total. The molecule has 0 atom stereocenters. The third kappa shape index (κ3) is 3.89. The minimum absolute atomic E-state index is 0.253. The van der Waals surface area contributed by atoms with Crippen LogP contribution in [0.25, 0.3) is 16.5 Å². The van der Waals surface area contributed by atoms with E-state index in [0.717, 1.165) is 39.1 Å². The van der Waals surface area contributed by atoms with E-state index >= 15 is 0 Å². The minimum Gasteiger partial charge on any atom is -0.377 e. The van der Waals surface area contributed by atoms with Crippen molar-refractivity contribution in [1.29, 1.82) is 0 Å². The molecule has 0 N–H and O–H groups in total. The summed E-state index contributed by atoms with van der Waals surface area (Å²) in [4.78, 5) is 2.31. The van der Waals surface area contributed by atoms with Gasteiger partial charge in [-0.25, -0.2) is 13.1 Å². The van der Waals surface area contributed by atoms with Crippen LogP contribution < -0.4 is 4.90 Å². The predicted octanol–water partition coefficient (Wildman–Crippen LogP) is 4.53.